The van der Waals surface area contributed by atoms with Crippen molar-refractivity contribution in [1.82, 2.24) is 14.5 Å². The molecule has 0 amide bonds. The monoisotopic (exact) mass is 629 g/mol. The minimum absolute atomic E-state index is 0.0855. The van der Waals surface area contributed by atoms with Gasteiger partial charge in [0.1, 0.15) is 0 Å². The number of aromatic nitrogens is 3. The van der Waals surface area contributed by atoms with Crippen molar-refractivity contribution in [3.63, 3.8) is 0 Å². The third-order valence-electron chi connectivity index (χ3n) is 11.2. The summed E-state index contributed by atoms with van der Waals surface area (Å²) in [6.45, 7) is 9.46. The lowest BCUT2D eigenvalue weighted by molar-refractivity contribution is 0.630. The minimum Gasteiger partial charge on any atom is -0.309 e. The third kappa shape index (κ3) is 3.90. The van der Waals surface area contributed by atoms with Gasteiger partial charge in [0, 0.05) is 38.3 Å². The maximum Gasteiger partial charge on any atom is 0.160 e. The van der Waals surface area contributed by atoms with Crippen LogP contribution in [0.15, 0.2) is 140 Å². The average molecular weight is 630 g/mol. The van der Waals surface area contributed by atoms with E-state index in [1.165, 1.54) is 60.9 Å². The van der Waals surface area contributed by atoms with E-state index in [-0.39, 0.29) is 10.8 Å². The summed E-state index contributed by atoms with van der Waals surface area (Å²) in [5.41, 5.74) is 16.6. The van der Waals surface area contributed by atoms with E-state index in [0.717, 1.165) is 33.9 Å². The van der Waals surface area contributed by atoms with Crippen molar-refractivity contribution in [1.29, 1.82) is 0 Å². The van der Waals surface area contributed by atoms with Crippen LogP contribution in [0.25, 0.3) is 72.5 Å². The normalized spacial score (nSPS) is 14.9. The molecule has 0 atom stereocenters. The lowest BCUT2D eigenvalue weighted by atomic mass is 9.74. The average Bonchev–Trinajstić information content (AvgIpc) is 3.58. The first-order valence-electron chi connectivity index (χ1n) is 17.2. The summed E-state index contributed by atoms with van der Waals surface area (Å²) in [5, 5.41) is 2.50. The van der Waals surface area contributed by atoms with Gasteiger partial charge in [0.25, 0.3) is 0 Å². The van der Waals surface area contributed by atoms with E-state index in [9.17, 15) is 0 Å². The number of para-hydroxylation sites is 1. The summed E-state index contributed by atoms with van der Waals surface area (Å²) < 4.78 is 2.53. The number of benzene rings is 6. The van der Waals surface area contributed by atoms with Crippen molar-refractivity contribution in [2.45, 2.75) is 38.5 Å². The van der Waals surface area contributed by atoms with E-state index < -0.39 is 0 Å². The van der Waals surface area contributed by atoms with Gasteiger partial charge >= 0.3 is 0 Å². The second kappa shape index (κ2) is 9.87. The van der Waals surface area contributed by atoms with Crippen LogP contribution in [0, 0.1) is 0 Å². The molecule has 3 nitrogen and oxygen atoms in total. The molecule has 3 heterocycles. The van der Waals surface area contributed by atoms with Gasteiger partial charge in [-0.2, -0.15) is 0 Å². The topological polar surface area (TPSA) is 30.7 Å². The Morgan fingerprint density at radius 1 is 0.449 bits per heavy atom. The number of hydrogen-bond donors (Lipinski definition) is 0. The Labute approximate surface area is 286 Å². The van der Waals surface area contributed by atoms with Crippen LogP contribution in [0.5, 0.6) is 0 Å². The van der Waals surface area contributed by atoms with Crippen molar-refractivity contribution in [2.24, 2.45) is 0 Å². The van der Waals surface area contributed by atoms with Gasteiger partial charge < -0.3 is 4.57 Å². The van der Waals surface area contributed by atoms with Crippen molar-refractivity contribution in [3.8, 4) is 50.7 Å². The Morgan fingerprint density at radius 2 is 1.04 bits per heavy atom. The predicted octanol–water partition coefficient (Wildman–Crippen LogP) is 11.5. The maximum atomic E-state index is 5.27. The fourth-order valence-corrected chi connectivity index (χ4v) is 8.63. The first-order valence-corrected chi connectivity index (χ1v) is 17.2. The number of fused-ring (bicyclic) bond motifs is 8. The summed E-state index contributed by atoms with van der Waals surface area (Å²) >= 11 is 0. The molecule has 0 bridgehead atoms. The van der Waals surface area contributed by atoms with Crippen LogP contribution in [-0.4, -0.2) is 14.5 Å². The Hall–Kier alpha value is -5.80. The Bertz CT molecular complexity index is 2580. The largest absolute Gasteiger partial charge is 0.309 e. The first-order chi connectivity index (χ1) is 23.8. The van der Waals surface area contributed by atoms with Crippen LogP contribution in [0.2, 0.25) is 0 Å². The first kappa shape index (κ1) is 28.2. The summed E-state index contributed by atoms with van der Waals surface area (Å²) in [7, 11) is 0. The molecule has 49 heavy (non-hydrogen) atoms. The Kier molecular flexibility index (Phi) is 5.69. The van der Waals surface area contributed by atoms with Crippen molar-refractivity contribution < 1.29 is 0 Å². The molecule has 6 aromatic carbocycles. The second-order valence-electron chi connectivity index (χ2n) is 14.7. The van der Waals surface area contributed by atoms with Gasteiger partial charge in [-0.3, -0.25) is 0 Å². The molecule has 1 aliphatic carbocycles. The van der Waals surface area contributed by atoms with Crippen LogP contribution in [0.1, 0.15) is 49.9 Å². The highest BCUT2D eigenvalue weighted by atomic mass is 15.0. The number of nitrogens with zero attached hydrogens (tertiary/aromatic N) is 3. The van der Waals surface area contributed by atoms with Crippen molar-refractivity contribution in [3.05, 3.63) is 162 Å². The standard InChI is InChI=1S/C46H35N3/c1-45(2)35-20-12-11-19-31(35)32-25-33-34-23-30(44-47-39(28-15-7-5-8-16-28)27-40(48-44)29-17-9-6-10-18-29)24-38-43(34)49(42(33)26-37(32)45)41-22-14-13-21-36(41)46(38,3)4/h5-27H,1-4H3. The molecule has 0 N–H and O–H groups in total. The quantitative estimate of drug-likeness (QED) is 0.195. The Balaban J connectivity index is 1.32. The van der Waals surface area contributed by atoms with Crippen LogP contribution in [0.4, 0.5) is 0 Å². The molecule has 0 spiro atoms. The highest BCUT2D eigenvalue weighted by molar-refractivity contribution is 6.14. The third-order valence-corrected chi connectivity index (χ3v) is 11.2. The zero-order chi connectivity index (χ0) is 33.1. The molecule has 8 aromatic rings. The summed E-state index contributed by atoms with van der Waals surface area (Å²) in [5.74, 6) is 0.738. The van der Waals surface area contributed by atoms with Gasteiger partial charge in [-0.25, -0.2) is 9.97 Å². The summed E-state index contributed by atoms with van der Waals surface area (Å²) in [6, 6.07) is 50.5. The second-order valence-corrected chi connectivity index (χ2v) is 14.7. The number of rotatable bonds is 3. The highest BCUT2D eigenvalue weighted by Crippen LogP contribution is 2.54. The van der Waals surface area contributed by atoms with Gasteiger partial charge in [0.15, 0.2) is 5.82 Å². The molecule has 0 saturated heterocycles. The van der Waals surface area contributed by atoms with E-state index in [2.05, 4.69) is 160 Å². The zero-order valence-electron chi connectivity index (χ0n) is 28.1. The molecule has 0 unspecified atom stereocenters. The highest BCUT2D eigenvalue weighted by Gasteiger charge is 2.39. The van der Waals surface area contributed by atoms with E-state index in [1.807, 2.05) is 12.1 Å². The molecular formula is C46H35N3. The van der Waals surface area contributed by atoms with Gasteiger partial charge in [0.2, 0.25) is 0 Å². The minimum atomic E-state index is -0.233. The van der Waals surface area contributed by atoms with Crippen LogP contribution >= 0.6 is 0 Å². The fourth-order valence-electron chi connectivity index (χ4n) is 8.63. The molecule has 1 aliphatic heterocycles. The van der Waals surface area contributed by atoms with E-state index >= 15 is 0 Å². The Morgan fingerprint density at radius 3 is 1.73 bits per heavy atom. The summed E-state index contributed by atoms with van der Waals surface area (Å²) in [6.07, 6.45) is 0. The maximum absolute atomic E-state index is 5.27. The molecule has 10 rings (SSSR count). The van der Waals surface area contributed by atoms with Crippen molar-refractivity contribution >= 4 is 21.8 Å². The SMILES string of the molecule is CC1(C)c2ccccc2-c2cc3c4cc(-c5nc(-c6ccccc6)cc(-c6ccccc6)n5)cc5c4n(c3cc21)-c1ccccc1C5(C)C. The van der Waals surface area contributed by atoms with Gasteiger partial charge in [-0.05, 0) is 69.8 Å². The van der Waals surface area contributed by atoms with Gasteiger partial charge in [-0.1, -0.05) is 131 Å². The smallest absolute Gasteiger partial charge is 0.160 e. The molecule has 2 aliphatic rings. The van der Waals surface area contributed by atoms with Crippen molar-refractivity contribution in [2.75, 3.05) is 0 Å². The van der Waals surface area contributed by atoms with Crippen LogP contribution < -0.4 is 0 Å². The zero-order valence-corrected chi connectivity index (χ0v) is 28.1. The molecule has 2 aromatic heterocycles. The summed E-state index contributed by atoms with van der Waals surface area (Å²) in [4.78, 5) is 10.5. The fraction of sp³-hybridized carbons (Fsp3) is 0.130. The molecule has 234 valence electrons. The van der Waals surface area contributed by atoms with E-state index in [1.54, 1.807) is 0 Å². The molecule has 0 radical (unpaired) electrons. The molecular weight excluding hydrogens is 595 g/mol. The lowest BCUT2D eigenvalue weighted by Crippen LogP contribution is -2.26. The van der Waals surface area contributed by atoms with E-state index in [0.29, 0.717) is 0 Å². The molecule has 0 fully saturated rings. The van der Waals surface area contributed by atoms with Gasteiger partial charge in [0.05, 0.1) is 28.1 Å². The molecule has 0 saturated carbocycles. The van der Waals surface area contributed by atoms with E-state index in [4.69, 9.17) is 9.97 Å². The molecule has 3 heteroatoms. The lowest BCUT2D eigenvalue weighted by Gasteiger charge is -2.35. The number of hydrogen-bond acceptors (Lipinski definition) is 2. The van der Waals surface area contributed by atoms with Crippen LogP contribution in [-0.2, 0) is 10.8 Å². The predicted molar refractivity (Wildman–Crippen MR) is 202 cm³/mol. The van der Waals surface area contributed by atoms with Gasteiger partial charge in [-0.15, -0.1) is 0 Å². The van der Waals surface area contributed by atoms with Crippen LogP contribution in [0.3, 0.4) is 0 Å².